The molecule has 1 saturated heterocycles. The molecule has 2 rings (SSSR count). The first-order valence-corrected chi connectivity index (χ1v) is 17.4. The summed E-state index contributed by atoms with van der Waals surface area (Å²) >= 11 is 0. The Hall–Kier alpha value is -3.03. The highest BCUT2D eigenvalue weighted by molar-refractivity contribution is 6.74. The van der Waals surface area contributed by atoms with Gasteiger partial charge >= 0.3 is 18.2 Å². The van der Waals surface area contributed by atoms with E-state index in [1.165, 1.54) is 14.2 Å². The van der Waals surface area contributed by atoms with Crippen molar-refractivity contribution >= 4 is 26.5 Å². The van der Waals surface area contributed by atoms with Crippen molar-refractivity contribution in [3.05, 3.63) is 17.7 Å². The Balaban J connectivity index is 2.04. The van der Waals surface area contributed by atoms with E-state index in [-0.39, 0.29) is 43.4 Å². The number of carbonyl (C=O) groups excluding carboxylic acids is 3. The number of esters is 1. The zero-order valence-electron chi connectivity index (χ0n) is 27.6. The van der Waals surface area contributed by atoms with Crippen LogP contribution in [0.5, 0.6) is 17.2 Å². The van der Waals surface area contributed by atoms with E-state index in [9.17, 15) is 14.4 Å². The number of hydrogen-bond acceptors (Lipinski definition) is 10. The number of amides is 2. The van der Waals surface area contributed by atoms with Crippen LogP contribution >= 0.6 is 0 Å². The van der Waals surface area contributed by atoms with Crippen LogP contribution in [0.25, 0.3) is 0 Å². The quantitative estimate of drug-likeness (QED) is 0.245. The second-order valence-electron chi connectivity index (χ2n) is 13.2. The normalized spacial score (nSPS) is 16.0. The Kier molecular flexibility index (Phi) is 12.3. The Bertz CT molecular complexity index is 1100. The number of hydrogen-bond donors (Lipinski definition) is 2. The van der Waals surface area contributed by atoms with Crippen LogP contribution in [0.15, 0.2) is 12.1 Å². The number of benzene rings is 1. The third-order valence-corrected chi connectivity index (χ3v) is 11.9. The lowest BCUT2D eigenvalue weighted by atomic mass is 9.90. The molecule has 0 saturated carbocycles. The summed E-state index contributed by atoms with van der Waals surface area (Å²) in [6.45, 7) is 18.5. The van der Waals surface area contributed by atoms with Crippen LogP contribution in [0.1, 0.15) is 66.9 Å². The molecule has 0 spiro atoms. The van der Waals surface area contributed by atoms with Crippen LogP contribution in [0, 0.1) is 0 Å². The zero-order chi connectivity index (χ0) is 32.6. The lowest BCUT2D eigenvalue weighted by molar-refractivity contribution is -0.160. The van der Waals surface area contributed by atoms with E-state index >= 15 is 0 Å². The highest BCUT2D eigenvalue weighted by Gasteiger charge is 2.44. The average Bonchev–Trinajstić information content (AvgIpc) is 2.89. The first-order chi connectivity index (χ1) is 19.8. The number of ether oxygens (including phenoxy) is 6. The number of rotatable bonds is 11. The summed E-state index contributed by atoms with van der Waals surface area (Å²) in [7, 11) is 0.943. The molecule has 1 atom stereocenters. The standard InChI is InChI=1S/C30H50N2O10Si/c1-20(40-25(33)30(12-14-38-15-13-30)32-27(35)42-28(2,3)4)18-31-26(34)41-24-22(36-8)16-21(17-23(24)37-9)19-39-43(10,11)29(5,6)7/h16-17,20H,12-15,18-19H2,1-11H3,(H,31,34)(H,32,35). The van der Waals surface area contributed by atoms with E-state index in [1.807, 2.05) is 0 Å². The predicted octanol–water partition coefficient (Wildman–Crippen LogP) is 5.32. The van der Waals surface area contributed by atoms with Crippen LogP contribution in [-0.4, -0.2) is 77.7 Å². The fourth-order valence-corrected chi connectivity index (χ4v) is 4.85. The van der Waals surface area contributed by atoms with Crippen molar-refractivity contribution < 1.29 is 47.2 Å². The van der Waals surface area contributed by atoms with Gasteiger partial charge < -0.3 is 43.5 Å². The van der Waals surface area contributed by atoms with Gasteiger partial charge in [0.2, 0.25) is 5.75 Å². The van der Waals surface area contributed by atoms with Gasteiger partial charge in [0.25, 0.3) is 0 Å². The van der Waals surface area contributed by atoms with Crippen LogP contribution in [0.4, 0.5) is 9.59 Å². The fourth-order valence-electron chi connectivity index (χ4n) is 3.89. The molecule has 1 aromatic rings. The highest BCUT2D eigenvalue weighted by atomic mass is 28.4. The van der Waals surface area contributed by atoms with Crippen molar-refractivity contribution in [2.45, 2.75) is 103 Å². The molecule has 1 aliphatic rings. The van der Waals surface area contributed by atoms with Gasteiger partial charge in [-0.25, -0.2) is 14.4 Å². The smallest absolute Gasteiger partial charge is 0.412 e. The first kappa shape index (κ1) is 36.2. The Morgan fingerprint density at radius 3 is 2.02 bits per heavy atom. The lowest BCUT2D eigenvalue weighted by Gasteiger charge is -2.36. The van der Waals surface area contributed by atoms with Crippen LogP contribution in [0.2, 0.25) is 18.1 Å². The van der Waals surface area contributed by atoms with Crippen LogP contribution in [-0.2, 0) is 30.0 Å². The molecular weight excluding hydrogens is 576 g/mol. The molecule has 0 radical (unpaired) electrons. The molecule has 1 aromatic carbocycles. The van der Waals surface area contributed by atoms with E-state index in [4.69, 9.17) is 32.8 Å². The maximum Gasteiger partial charge on any atom is 0.412 e. The first-order valence-electron chi connectivity index (χ1n) is 14.5. The summed E-state index contributed by atoms with van der Waals surface area (Å²) in [6, 6.07) is 3.49. The van der Waals surface area contributed by atoms with Crippen molar-refractivity contribution in [2.24, 2.45) is 0 Å². The van der Waals surface area contributed by atoms with Gasteiger partial charge in [-0.3, -0.25) is 0 Å². The minimum Gasteiger partial charge on any atom is -0.493 e. The van der Waals surface area contributed by atoms with Gasteiger partial charge in [0.15, 0.2) is 19.8 Å². The van der Waals surface area contributed by atoms with Crippen molar-refractivity contribution in [3.8, 4) is 17.2 Å². The van der Waals surface area contributed by atoms with Crippen LogP contribution < -0.4 is 24.8 Å². The van der Waals surface area contributed by atoms with E-state index in [0.717, 1.165) is 5.56 Å². The predicted molar refractivity (Wildman–Crippen MR) is 163 cm³/mol. The van der Waals surface area contributed by atoms with Crippen LogP contribution in [0.3, 0.4) is 0 Å². The van der Waals surface area contributed by atoms with Gasteiger partial charge in [-0.15, -0.1) is 0 Å². The molecule has 12 nitrogen and oxygen atoms in total. The molecule has 43 heavy (non-hydrogen) atoms. The summed E-state index contributed by atoms with van der Waals surface area (Å²) in [5, 5.41) is 5.33. The topological polar surface area (TPSA) is 140 Å². The highest BCUT2D eigenvalue weighted by Crippen LogP contribution is 2.41. The van der Waals surface area contributed by atoms with Crippen molar-refractivity contribution in [1.82, 2.24) is 10.6 Å². The number of carbonyl (C=O) groups is 3. The molecule has 2 N–H and O–H groups in total. The molecule has 0 bridgehead atoms. The zero-order valence-corrected chi connectivity index (χ0v) is 28.6. The second kappa shape index (κ2) is 14.6. The maximum atomic E-state index is 13.2. The maximum absolute atomic E-state index is 13.2. The molecule has 1 fully saturated rings. The monoisotopic (exact) mass is 626 g/mol. The fraction of sp³-hybridized carbons (Fsp3) is 0.700. The Morgan fingerprint density at radius 1 is 0.977 bits per heavy atom. The van der Waals surface area contributed by atoms with E-state index in [2.05, 4.69) is 44.5 Å². The number of nitrogens with one attached hydrogen (secondary N) is 2. The third-order valence-electron chi connectivity index (χ3n) is 7.44. The van der Waals surface area contributed by atoms with Crippen molar-refractivity contribution in [2.75, 3.05) is 34.0 Å². The minimum atomic E-state index is -2.00. The summed E-state index contributed by atoms with van der Waals surface area (Å²) in [4.78, 5) is 38.4. The van der Waals surface area contributed by atoms with Crippen molar-refractivity contribution in [3.63, 3.8) is 0 Å². The van der Waals surface area contributed by atoms with E-state index in [1.54, 1.807) is 39.8 Å². The lowest BCUT2D eigenvalue weighted by Crippen LogP contribution is -2.59. The summed E-state index contributed by atoms with van der Waals surface area (Å²) < 4.78 is 39.2. The third kappa shape index (κ3) is 10.6. The van der Waals surface area contributed by atoms with Crippen molar-refractivity contribution in [1.29, 1.82) is 0 Å². The summed E-state index contributed by atoms with van der Waals surface area (Å²) in [5.41, 5.74) is -1.22. The summed E-state index contributed by atoms with van der Waals surface area (Å²) in [6.07, 6.45) is -1.80. The van der Waals surface area contributed by atoms with Gasteiger partial charge in [-0.1, -0.05) is 20.8 Å². The van der Waals surface area contributed by atoms with E-state index in [0.29, 0.717) is 18.1 Å². The molecular formula is C30H50N2O10Si. The minimum absolute atomic E-state index is 0.0489. The number of alkyl carbamates (subject to hydrolysis) is 1. The van der Waals surface area contributed by atoms with E-state index < -0.39 is 43.7 Å². The molecule has 1 heterocycles. The molecule has 1 aliphatic heterocycles. The van der Waals surface area contributed by atoms with Gasteiger partial charge in [0, 0.05) is 26.1 Å². The van der Waals surface area contributed by atoms with Gasteiger partial charge in [0.1, 0.15) is 17.2 Å². The average molecular weight is 627 g/mol. The van der Waals surface area contributed by atoms with Gasteiger partial charge in [-0.05, 0) is 63.5 Å². The molecule has 0 aromatic heterocycles. The largest absolute Gasteiger partial charge is 0.493 e. The SMILES string of the molecule is COc1cc(CO[Si](C)(C)C(C)(C)C)cc(OC)c1OC(=O)NCC(C)OC(=O)C1(NC(=O)OC(C)(C)C)CCOCC1. The summed E-state index contributed by atoms with van der Waals surface area (Å²) in [5.74, 6) is 0.0732. The Labute approximate surface area is 256 Å². The molecule has 244 valence electrons. The number of methoxy groups -OCH3 is 2. The van der Waals surface area contributed by atoms with Gasteiger partial charge in [-0.2, -0.15) is 0 Å². The molecule has 1 unspecified atom stereocenters. The molecule has 0 aliphatic carbocycles. The Morgan fingerprint density at radius 2 is 1.53 bits per heavy atom. The second-order valence-corrected chi connectivity index (χ2v) is 18.0. The molecule has 13 heteroatoms. The van der Waals surface area contributed by atoms with Gasteiger partial charge in [0.05, 0.1) is 27.4 Å². The molecule has 2 amide bonds.